The highest BCUT2D eigenvalue weighted by molar-refractivity contribution is 5.76. The van der Waals surface area contributed by atoms with Crippen LogP contribution in [0.25, 0.3) is 6.08 Å². The number of benzene rings is 2. The minimum absolute atomic E-state index is 0.164. The summed E-state index contributed by atoms with van der Waals surface area (Å²) in [6.45, 7) is 8.07. The quantitative estimate of drug-likeness (QED) is 0.569. The molecular weight excluding hydrogens is 338 g/mol. The molecule has 4 rings (SSSR count). The normalized spacial score (nSPS) is 21.8. The first-order valence-corrected chi connectivity index (χ1v) is 9.33. The largest absolute Gasteiger partial charge is 0.463 e. The van der Waals surface area contributed by atoms with Crippen LogP contribution in [0.2, 0.25) is 0 Å². The lowest BCUT2D eigenvalue weighted by Gasteiger charge is -2.45. The van der Waals surface area contributed by atoms with Crippen molar-refractivity contribution < 1.29 is 14.3 Å². The van der Waals surface area contributed by atoms with Gasteiger partial charge in [-0.15, -0.1) is 0 Å². The van der Waals surface area contributed by atoms with E-state index in [1.807, 2.05) is 26.0 Å². The predicted molar refractivity (Wildman–Crippen MR) is 107 cm³/mol. The van der Waals surface area contributed by atoms with Gasteiger partial charge in [0.05, 0.1) is 11.3 Å². The minimum Gasteiger partial charge on any atom is -0.463 e. The molecule has 2 aliphatic heterocycles. The number of carbonyl (C=O) groups is 1. The van der Waals surface area contributed by atoms with Crippen molar-refractivity contribution in [1.82, 2.24) is 0 Å². The van der Waals surface area contributed by atoms with Gasteiger partial charge in [0, 0.05) is 18.3 Å². The molecule has 0 unspecified atom stereocenters. The van der Waals surface area contributed by atoms with Crippen molar-refractivity contribution >= 4 is 17.7 Å². The van der Waals surface area contributed by atoms with Gasteiger partial charge in [0.2, 0.25) is 5.72 Å². The zero-order valence-electron chi connectivity index (χ0n) is 16.4. The Morgan fingerprint density at radius 1 is 1.15 bits per heavy atom. The molecule has 0 bridgehead atoms. The minimum atomic E-state index is -0.597. The third-order valence-corrected chi connectivity index (χ3v) is 5.76. The first-order chi connectivity index (χ1) is 12.8. The molecule has 0 aromatic heterocycles. The molecule has 2 aliphatic rings. The molecule has 4 nitrogen and oxygen atoms in total. The fourth-order valence-corrected chi connectivity index (χ4v) is 4.05. The molecule has 1 spiro atoms. The second-order valence-electron chi connectivity index (χ2n) is 8.11. The van der Waals surface area contributed by atoms with Crippen molar-refractivity contribution in [2.75, 3.05) is 11.9 Å². The van der Waals surface area contributed by atoms with Crippen LogP contribution in [0.5, 0.6) is 11.5 Å². The maximum absolute atomic E-state index is 11.9. The zero-order valence-corrected chi connectivity index (χ0v) is 16.4. The number of esters is 1. The number of ether oxygens (including phenoxy) is 2. The van der Waals surface area contributed by atoms with Crippen LogP contribution in [0.1, 0.15) is 38.8 Å². The first-order valence-electron chi connectivity index (χ1n) is 9.33. The standard InChI is InChI=1S/C23H25NO3/c1-15(2)21(25)26-17-10-11-20-16(14-17)12-13-23(27-20)22(3,4)18-8-6-7-9-19(18)24(23)5/h6-15H,1-5H3/t23-/m0/s1. The molecule has 27 heavy (non-hydrogen) atoms. The summed E-state index contributed by atoms with van der Waals surface area (Å²) in [6.07, 6.45) is 4.18. The van der Waals surface area contributed by atoms with Crippen molar-refractivity contribution in [2.45, 2.75) is 38.8 Å². The summed E-state index contributed by atoms with van der Waals surface area (Å²) >= 11 is 0. The highest BCUT2D eigenvalue weighted by Crippen LogP contribution is 2.54. The molecule has 2 heterocycles. The summed E-state index contributed by atoms with van der Waals surface area (Å²) in [4.78, 5) is 14.1. The highest BCUT2D eigenvalue weighted by atomic mass is 16.5. The van der Waals surface area contributed by atoms with E-state index in [1.54, 1.807) is 6.07 Å². The van der Waals surface area contributed by atoms with Gasteiger partial charge < -0.3 is 14.4 Å². The monoisotopic (exact) mass is 363 g/mol. The first kappa shape index (κ1) is 17.7. The SMILES string of the molecule is CC(C)C(=O)Oc1ccc2c(c1)C=C[C@@]1(O2)N(C)c2ccccc2C1(C)C. The lowest BCUT2D eigenvalue weighted by atomic mass is 9.76. The molecule has 0 N–H and O–H groups in total. The van der Waals surface area contributed by atoms with Crippen LogP contribution in [0.4, 0.5) is 5.69 Å². The van der Waals surface area contributed by atoms with Gasteiger partial charge in [-0.2, -0.15) is 0 Å². The van der Waals surface area contributed by atoms with E-state index >= 15 is 0 Å². The summed E-state index contributed by atoms with van der Waals surface area (Å²) in [5, 5.41) is 0. The van der Waals surface area contributed by atoms with Crippen LogP contribution < -0.4 is 14.4 Å². The third-order valence-electron chi connectivity index (χ3n) is 5.76. The van der Waals surface area contributed by atoms with E-state index in [9.17, 15) is 4.79 Å². The van der Waals surface area contributed by atoms with E-state index in [4.69, 9.17) is 9.47 Å². The second kappa shape index (κ2) is 5.88. The van der Waals surface area contributed by atoms with Crippen molar-refractivity contribution in [3.05, 3.63) is 59.7 Å². The summed E-state index contributed by atoms with van der Waals surface area (Å²) in [7, 11) is 2.07. The average Bonchev–Trinajstić information content (AvgIpc) is 2.81. The number of rotatable bonds is 2. The lowest BCUT2D eigenvalue weighted by molar-refractivity contribution is -0.137. The molecule has 0 saturated carbocycles. The maximum Gasteiger partial charge on any atom is 0.313 e. The summed E-state index contributed by atoms with van der Waals surface area (Å²) < 4.78 is 12.0. The highest BCUT2D eigenvalue weighted by Gasteiger charge is 2.57. The number of hydrogen-bond donors (Lipinski definition) is 0. The van der Waals surface area contributed by atoms with Crippen LogP contribution in [0, 0.1) is 5.92 Å². The molecule has 0 fully saturated rings. The van der Waals surface area contributed by atoms with Gasteiger partial charge in [0.1, 0.15) is 11.5 Å². The average molecular weight is 363 g/mol. The van der Waals surface area contributed by atoms with Crippen LogP contribution in [0.15, 0.2) is 48.5 Å². The van der Waals surface area contributed by atoms with Gasteiger partial charge in [-0.3, -0.25) is 4.79 Å². The second-order valence-corrected chi connectivity index (χ2v) is 8.11. The fraction of sp³-hybridized carbons (Fsp3) is 0.348. The zero-order chi connectivity index (χ0) is 19.4. The number of likely N-dealkylation sites (N-methyl/N-ethyl adjacent to an activating group) is 1. The Morgan fingerprint density at radius 2 is 1.89 bits per heavy atom. The molecule has 4 heteroatoms. The van der Waals surface area contributed by atoms with Crippen LogP contribution >= 0.6 is 0 Å². The number of hydrogen-bond acceptors (Lipinski definition) is 4. The summed E-state index contributed by atoms with van der Waals surface area (Å²) in [5.74, 6) is 0.926. The van der Waals surface area contributed by atoms with Crippen molar-refractivity contribution in [3.63, 3.8) is 0 Å². The Labute approximate surface area is 160 Å². The Morgan fingerprint density at radius 3 is 2.59 bits per heavy atom. The van der Waals surface area contributed by atoms with Gasteiger partial charge >= 0.3 is 5.97 Å². The Hall–Kier alpha value is -2.75. The summed E-state index contributed by atoms with van der Waals surface area (Å²) in [6, 6.07) is 14.0. The topological polar surface area (TPSA) is 38.8 Å². The molecule has 1 atom stereocenters. The number of nitrogens with zero attached hydrogens (tertiary/aromatic N) is 1. The smallest absolute Gasteiger partial charge is 0.313 e. The third kappa shape index (κ3) is 2.47. The molecule has 140 valence electrons. The molecule has 0 aliphatic carbocycles. The molecule has 0 saturated heterocycles. The van der Waals surface area contributed by atoms with Crippen molar-refractivity contribution in [2.24, 2.45) is 5.92 Å². The Balaban J connectivity index is 1.71. The molecule has 2 aromatic rings. The number of carbonyl (C=O) groups excluding carboxylic acids is 1. The van der Waals surface area contributed by atoms with Gasteiger partial charge in [-0.05, 0) is 55.8 Å². The van der Waals surface area contributed by atoms with Crippen LogP contribution in [0.3, 0.4) is 0 Å². The Kier molecular flexibility index (Phi) is 3.84. The summed E-state index contributed by atoms with van der Waals surface area (Å²) in [5.41, 5.74) is 2.53. The van der Waals surface area contributed by atoms with E-state index in [2.05, 4.69) is 62.2 Å². The number of fused-ring (bicyclic) bond motifs is 2. The van der Waals surface area contributed by atoms with E-state index in [1.165, 1.54) is 11.3 Å². The van der Waals surface area contributed by atoms with Crippen molar-refractivity contribution in [3.8, 4) is 11.5 Å². The van der Waals surface area contributed by atoms with Crippen LogP contribution in [-0.2, 0) is 10.2 Å². The van der Waals surface area contributed by atoms with Gasteiger partial charge in [0.15, 0.2) is 0 Å². The lowest BCUT2D eigenvalue weighted by Crippen LogP contribution is -2.58. The van der Waals surface area contributed by atoms with Crippen LogP contribution in [-0.4, -0.2) is 18.7 Å². The fourth-order valence-electron chi connectivity index (χ4n) is 4.05. The molecule has 0 radical (unpaired) electrons. The van der Waals surface area contributed by atoms with Gasteiger partial charge in [-0.25, -0.2) is 0 Å². The maximum atomic E-state index is 11.9. The van der Waals surface area contributed by atoms with E-state index in [-0.39, 0.29) is 17.3 Å². The Bertz CT molecular complexity index is 944. The number of para-hydroxylation sites is 1. The van der Waals surface area contributed by atoms with E-state index in [0.29, 0.717) is 5.75 Å². The molecule has 2 aromatic carbocycles. The van der Waals surface area contributed by atoms with Gasteiger partial charge in [-0.1, -0.05) is 32.0 Å². The van der Waals surface area contributed by atoms with Crippen molar-refractivity contribution in [1.29, 1.82) is 0 Å². The van der Waals surface area contributed by atoms with E-state index < -0.39 is 5.72 Å². The molecular formula is C23H25NO3. The van der Waals surface area contributed by atoms with Gasteiger partial charge in [0.25, 0.3) is 0 Å². The van der Waals surface area contributed by atoms with E-state index in [0.717, 1.165) is 11.3 Å². The molecule has 0 amide bonds. The number of anilines is 1. The predicted octanol–water partition coefficient (Wildman–Crippen LogP) is 4.78.